The Morgan fingerprint density at radius 1 is 0.816 bits per heavy atom. The first-order chi connectivity index (χ1) is 37.0. The van der Waals surface area contributed by atoms with Crippen molar-refractivity contribution in [3.05, 3.63) is 191 Å². The number of esters is 2. The number of carbonyl (C=O) groups is 5. The van der Waals surface area contributed by atoms with Crippen LogP contribution >= 0.6 is 0 Å². The second kappa shape index (κ2) is 21.6. The van der Waals surface area contributed by atoms with Crippen molar-refractivity contribution in [2.75, 3.05) is 31.8 Å². The molecule has 1 spiro atoms. The molecule has 7 aromatic rings. The first-order valence-electron chi connectivity index (χ1n) is 25.0. The van der Waals surface area contributed by atoms with E-state index < -0.39 is 83.4 Å². The van der Waals surface area contributed by atoms with E-state index >= 15 is 19.2 Å². The molecule has 2 fully saturated rings. The van der Waals surface area contributed by atoms with Gasteiger partial charge in [-0.2, -0.15) is 0 Å². The van der Waals surface area contributed by atoms with Gasteiger partial charge in [0.25, 0.3) is 0 Å². The van der Waals surface area contributed by atoms with E-state index in [1.807, 2.05) is 89.8 Å². The smallest absolute Gasteiger partial charge is 0.329 e. The number of aliphatic hydroxyl groups is 2. The van der Waals surface area contributed by atoms with Crippen molar-refractivity contribution >= 4 is 46.5 Å². The molecule has 0 radical (unpaired) electrons. The predicted molar refractivity (Wildman–Crippen MR) is 279 cm³/mol. The minimum absolute atomic E-state index is 0.0617. The maximum absolute atomic E-state index is 16.8. The summed E-state index contributed by atoms with van der Waals surface area (Å²) in [4.78, 5) is 79.7. The van der Waals surface area contributed by atoms with Gasteiger partial charge in [-0.25, -0.2) is 19.2 Å². The van der Waals surface area contributed by atoms with Crippen molar-refractivity contribution in [3.63, 3.8) is 0 Å². The Labute approximate surface area is 438 Å². The second-order valence-corrected chi connectivity index (χ2v) is 19.2. The third-order valence-corrected chi connectivity index (χ3v) is 14.4. The molecule has 4 N–H and O–H groups in total. The van der Waals surface area contributed by atoms with Gasteiger partial charge in [0.2, 0.25) is 11.8 Å². The number of aliphatic hydroxyl groups excluding tert-OH is 2. The monoisotopic (exact) mass is 1020 g/mol. The molecule has 0 bridgehead atoms. The summed E-state index contributed by atoms with van der Waals surface area (Å²) in [6.45, 7) is 2.85. The first kappa shape index (κ1) is 50.8. The lowest BCUT2D eigenvalue weighted by atomic mass is 9.65. The van der Waals surface area contributed by atoms with E-state index in [1.165, 1.54) is 7.11 Å². The fraction of sp³-hybridized carbons (Fsp3) is 0.271. The lowest BCUT2D eigenvalue weighted by Crippen LogP contribution is -2.58. The highest BCUT2D eigenvalue weighted by atomic mass is 16.6. The van der Waals surface area contributed by atoms with E-state index in [9.17, 15) is 15.0 Å². The number of methoxy groups -OCH3 is 1. The number of rotatable bonds is 14. The van der Waals surface area contributed by atoms with Crippen LogP contribution in [-0.4, -0.2) is 98.8 Å². The number of nitrogens with zero attached hydrogens (tertiary/aromatic N) is 5. The Hall–Kier alpha value is -8.69. The molecule has 8 unspecified atom stereocenters. The average molecular weight is 1020 g/mol. The maximum Gasteiger partial charge on any atom is 0.329 e. The topological polar surface area (TPSA) is 215 Å². The summed E-state index contributed by atoms with van der Waals surface area (Å²) >= 11 is 0. The molecular formula is C59H55N7O10. The van der Waals surface area contributed by atoms with Gasteiger partial charge in [0.05, 0.1) is 49.0 Å². The van der Waals surface area contributed by atoms with Crippen LogP contribution in [0.3, 0.4) is 0 Å². The third kappa shape index (κ3) is 9.20. The highest BCUT2D eigenvalue weighted by Gasteiger charge is 2.75. The van der Waals surface area contributed by atoms with Gasteiger partial charge in [0, 0.05) is 12.1 Å². The number of morpholine rings is 1. The van der Waals surface area contributed by atoms with E-state index in [4.69, 9.17) is 14.2 Å². The summed E-state index contributed by atoms with van der Waals surface area (Å²) in [7, 11) is 1.20. The molecule has 386 valence electrons. The Morgan fingerprint density at radius 2 is 1.50 bits per heavy atom. The average Bonchev–Trinajstić information content (AvgIpc) is 4.11. The van der Waals surface area contributed by atoms with E-state index in [-0.39, 0.29) is 37.6 Å². The van der Waals surface area contributed by atoms with Gasteiger partial charge in [-0.1, -0.05) is 146 Å². The number of benzene rings is 6. The van der Waals surface area contributed by atoms with E-state index in [0.717, 1.165) is 10.4 Å². The van der Waals surface area contributed by atoms with Gasteiger partial charge in [0.1, 0.15) is 48.0 Å². The molecule has 0 aliphatic carbocycles. The number of ether oxygens (including phenoxy) is 3. The minimum Gasteiger partial charge on any atom is -0.491 e. The number of fused-ring (bicyclic) bond motifs is 4. The summed E-state index contributed by atoms with van der Waals surface area (Å²) in [6.07, 6.45) is -2.22. The van der Waals surface area contributed by atoms with Crippen LogP contribution in [-0.2, 0) is 40.6 Å². The number of aromatic nitrogens is 3. The van der Waals surface area contributed by atoms with Crippen molar-refractivity contribution in [1.29, 1.82) is 0 Å². The fourth-order valence-electron chi connectivity index (χ4n) is 11.1. The molecule has 4 amide bonds. The van der Waals surface area contributed by atoms with E-state index in [2.05, 4.69) is 32.8 Å². The molecule has 3 aliphatic rings. The molecule has 8 atom stereocenters. The number of urea groups is 1. The first-order valence-corrected chi connectivity index (χ1v) is 25.0. The molecule has 0 saturated carbocycles. The van der Waals surface area contributed by atoms with Gasteiger partial charge in [-0.05, 0) is 76.2 Å². The van der Waals surface area contributed by atoms with Gasteiger partial charge < -0.3 is 35.1 Å². The Balaban J connectivity index is 1.24. The zero-order valence-corrected chi connectivity index (χ0v) is 41.9. The molecule has 17 nitrogen and oxygen atoms in total. The third-order valence-electron chi connectivity index (χ3n) is 14.4. The lowest BCUT2D eigenvalue weighted by molar-refractivity contribution is -0.178. The molecule has 3 aliphatic heterocycles. The molecule has 17 heteroatoms. The van der Waals surface area contributed by atoms with Crippen molar-refractivity contribution in [2.45, 2.75) is 62.2 Å². The van der Waals surface area contributed by atoms with Crippen molar-refractivity contribution in [2.24, 2.45) is 11.8 Å². The van der Waals surface area contributed by atoms with Gasteiger partial charge in [-0.3, -0.25) is 19.3 Å². The largest absolute Gasteiger partial charge is 0.491 e. The quantitative estimate of drug-likeness (QED) is 0.0699. The van der Waals surface area contributed by atoms with Gasteiger partial charge in [-0.15, -0.1) is 5.10 Å². The van der Waals surface area contributed by atoms with Crippen LogP contribution in [0.4, 0.5) is 10.5 Å². The highest BCUT2D eigenvalue weighted by Crippen LogP contribution is 2.66. The molecular weight excluding hydrogens is 967 g/mol. The van der Waals surface area contributed by atoms with Crippen LogP contribution in [0.15, 0.2) is 158 Å². The zero-order chi connectivity index (χ0) is 53.1. The standard InChI is InChI=1S/C59H55N7O10/c1-36(2)49(55(70)74-3)61-58(73)65-45-29-28-37(17-16-30-64-46-27-14-13-26-44(46)62-63-64)33-43(45)59(57(65)72)48(54(69)60-35-47(68)38-18-7-4-8-19-38)51-56(71)76-52(40-22-11-6-12-23-40)50(39-20-9-5-10-21-39)66(51)53(59)41-24-15-25-42(34-41)75-32-31-67/h4-15,18-29,33-34,36,47-53,67-68H,30-32,35H2,1-3H3,(H,60,69)(H,61,73). The van der Waals surface area contributed by atoms with E-state index in [0.29, 0.717) is 39.1 Å². The number of imide groups is 1. The maximum atomic E-state index is 16.8. The predicted octanol–water partition coefficient (Wildman–Crippen LogP) is 6.28. The summed E-state index contributed by atoms with van der Waals surface area (Å²) in [5, 5.41) is 35.7. The van der Waals surface area contributed by atoms with Crippen LogP contribution in [0.1, 0.15) is 71.5 Å². The number of amides is 4. The number of para-hydroxylation sites is 1. The number of carbonyl (C=O) groups excluding carboxylic acids is 5. The minimum atomic E-state index is -2.22. The number of nitrogens with one attached hydrogen (secondary N) is 2. The SMILES string of the molecule is COC(=O)C(NC(=O)N1C(=O)C2(c3cc(C#CCn4nnc5ccccc54)ccc31)C(C(=O)NCC(O)c1ccccc1)C1C(=O)OC(c3ccccc3)C(c3ccccc3)N1C2c1cccc(OCCO)c1)C(C)C. The van der Waals surface area contributed by atoms with Crippen LogP contribution in [0.2, 0.25) is 0 Å². The van der Waals surface area contributed by atoms with Gasteiger partial charge in [0.15, 0.2) is 0 Å². The van der Waals surface area contributed by atoms with Crippen LogP contribution in [0.5, 0.6) is 5.75 Å². The van der Waals surface area contributed by atoms with Crippen LogP contribution in [0, 0.1) is 23.7 Å². The molecule has 10 rings (SSSR count). The molecule has 2 saturated heterocycles. The zero-order valence-electron chi connectivity index (χ0n) is 41.9. The van der Waals surface area contributed by atoms with Crippen molar-refractivity contribution in [3.8, 4) is 17.6 Å². The normalized spacial score (nSPS) is 21.5. The molecule has 4 heterocycles. The van der Waals surface area contributed by atoms with Gasteiger partial charge >= 0.3 is 18.0 Å². The Kier molecular flexibility index (Phi) is 14.5. The van der Waals surface area contributed by atoms with Crippen LogP contribution in [0.25, 0.3) is 11.0 Å². The molecule has 76 heavy (non-hydrogen) atoms. The highest BCUT2D eigenvalue weighted by molar-refractivity contribution is 6.25. The summed E-state index contributed by atoms with van der Waals surface area (Å²) < 4.78 is 19.4. The van der Waals surface area contributed by atoms with E-state index in [1.54, 1.807) is 91.3 Å². The lowest BCUT2D eigenvalue weighted by Gasteiger charge is -2.46. The number of anilines is 1. The summed E-state index contributed by atoms with van der Waals surface area (Å²) in [5.41, 5.74) is 2.08. The fourth-order valence-corrected chi connectivity index (χ4v) is 11.1. The van der Waals surface area contributed by atoms with Crippen molar-refractivity contribution in [1.82, 2.24) is 30.5 Å². The second-order valence-electron chi connectivity index (χ2n) is 19.2. The summed E-state index contributed by atoms with van der Waals surface area (Å²) in [6, 6.07) is 40.5. The number of cyclic esters (lactones) is 1. The Bertz CT molecular complexity index is 3360. The molecule has 1 aromatic heterocycles. The van der Waals surface area contributed by atoms with Crippen molar-refractivity contribution < 1.29 is 48.4 Å². The number of hydrogen-bond acceptors (Lipinski definition) is 13. The Morgan fingerprint density at radius 3 is 2.21 bits per heavy atom. The molecule has 6 aromatic carbocycles. The van der Waals surface area contributed by atoms with Crippen LogP contribution < -0.4 is 20.3 Å². The number of hydrogen-bond donors (Lipinski definition) is 4. The summed E-state index contributed by atoms with van der Waals surface area (Å²) in [5.74, 6) is 1.26.